The summed E-state index contributed by atoms with van der Waals surface area (Å²) in [6.07, 6.45) is 3.63. The van der Waals surface area contributed by atoms with Gasteiger partial charge in [0.15, 0.2) is 0 Å². The number of rotatable bonds is 0. The highest BCUT2D eigenvalue weighted by atomic mass is 16.4. The molecule has 1 unspecified atom stereocenters. The predicted molar refractivity (Wildman–Crippen MR) is 42.7 cm³/mol. The summed E-state index contributed by atoms with van der Waals surface area (Å²) >= 11 is 0. The molecule has 1 atom stereocenters. The van der Waals surface area contributed by atoms with Crippen LogP contribution in [0.5, 0.6) is 0 Å². The van der Waals surface area contributed by atoms with Gasteiger partial charge in [0.25, 0.3) is 0 Å². The van der Waals surface area contributed by atoms with E-state index in [-0.39, 0.29) is 6.04 Å². The van der Waals surface area contributed by atoms with E-state index in [0.29, 0.717) is 0 Å². The highest BCUT2D eigenvalue weighted by Crippen LogP contribution is 2.15. The monoisotopic (exact) mass is 157 g/mol. The molecule has 1 aliphatic heterocycles. The minimum absolute atomic E-state index is 0.218. The van der Waals surface area contributed by atoms with Crippen molar-refractivity contribution in [3.05, 3.63) is 0 Å². The van der Waals surface area contributed by atoms with E-state index in [9.17, 15) is 4.79 Å². The van der Waals surface area contributed by atoms with Gasteiger partial charge in [-0.3, -0.25) is 0 Å². The number of likely N-dealkylation sites (tertiary alicyclic amines) is 1. The average molecular weight is 157 g/mol. The average Bonchev–Trinajstić information content (AvgIpc) is 2.13. The molecular weight excluding hydrogens is 142 g/mol. The Morgan fingerprint density at radius 1 is 1.45 bits per heavy atom. The Labute approximate surface area is 67.0 Å². The summed E-state index contributed by atoms with van der Waals surface area (Å²) in [7, 11) is 0. The summed E-state index contributed by atoms with van der Waals surface area (Å²) in [5.41, 5.74) is 0. The second kappa shape index (κ2) is 3.60. The summed E-state index contributed by atoms with van der Waals surface area (Å²) in [6, 6.07) is 0.218. The molecule has 0 aliphatic carbocycles. The van der Waals surface area contributed by atoms with Crippen molar-refractivity contribution in [2.75, 3.05) is 6.54 Å². The Balaban J connectivity index is 2.52. The summed E-state index contributed by atoms with van der Waals surface area (Å²) < 4.78 is 0. The highest BCUT2D eigenvalue weighted by Gasteiger charge is 2.20. The molecule has 64 valence electrons. The highest BCUT2D eigenvalue weighted by molar-refractivity contribution is 5.65. The second-order valence-electron chi connectivity index (χ2n) is 3.17. The molecule has 0 aromatic rings. The maximum Gasteiger partial charge on any atom is 0.407 e. The van der Waals surface area contributed by atoms with E-state index < -0.39 is 6.09 Å². The van der Waals surface area contributed by atoms with Gasteiger partial charge in [0.2, 0.25) is 0 Å². The van der Waals surface area contributed by atoms with Crippen molar-refractivity contribution in [1.29, 1.82) is 0 Å². The van der Waals surface area contributed by atoms with Crippen LogP contribution in [0.1, 0.15) is 32.6 Å². The Morgan fingerprint density at radius 3 is 2.82 bits per heavy atom. The molecule has 1 N–H and O–H groups in total. The largest absolute Gasteiger partial charge is 0.465 e. The van der Waals surface area contributed by atoms with Gasteiger partial charge in [0.05, 0.1) is 0 Å². The first kappa shape index (κ1) is 8.37. The van der Waals surface area contributed by atoms with E-state index in [1.807, 2.05) is 6.92 Å². The lowest BCUT2D eigenvalue weighted by Crippen LogP contribution is -2.36. The molecule has 1 fully saturated rings. The third-order valence-corrected chi connectivity index (χ3v) is 2.30. The number of nitrogens with zero attached hydrogens (tertiary/aromatic N) is 1. The van der Waals surface area contributed by atoms with Crippen LogP contribution in [0.2, 0.25) is 0 Å². The fourth-order valence-corrected chi connectivity index (χ4v) is 1.56. The molecule has 1 aliphatic rings. The molecule has 0 saturated carbocycles. The van der Waals surface area contributed by atoms with Crippen LogP contribution in [0.4, 0.5) is 4.79 Å². The van der Waals surface area contributed by atoms with E-state index in [2.05, 4.69) is 0 Å². The first-order chi connectivity index (χ1) is 5.22. The van der Waals surface area contributed by atoms with Gasteiger partial charge in [0, 0.05) is 12.6 Å². The first-order valence-corrected chi connectivity index (χ1v) is 4.21. The van der Waals surface area contributed by atoms with Crippen molar-refractivity contribution in [2.45, 2.75) is 38.6 Å². The van der Waals surface area contributed by atoms with Crippen LogP contribution >= 0.6 is 0 Å². The van der Waals surface area contributed by atoms with E-state index in [4.69, 9.17) is 5.11 Å². The molecule has 0 radical (unpaired) electrons. The van der Waals surface area contributed by atoms with Gasteiger partial charge < -0.3 is 10.0 Å². The van der Waals surface area contributed by atoms with E-state index in [1.165, 1.54) is 12.8 Å². The normalized spacial score (nSPS) is 26.3. The van der Waals surface area contributed by atoms with Gasteiger partial charge >= 0.3 is 6.09 Å². The molecule has 0 aromatic heterocycles. The van der Waals surface area contributed by atoms with E-state index in [0.717, 1.165) is 19.4 Å². The fraction of sp³-hybridized carbons (Fsp3) is 0.875. The van der Waals surface area contributed by atoms with Crippen molar-refractivity contribution in [1.82, 2.24) is 4.90 Å². The van der Waals surface area contributed by atoms with Crippen LogP contribution in [-0.4, -0.2) is 28.7 Å². The van der Waals surface area contributed by atoms with Gasteiger partial charge in [-0.25, -0.2) is 4.79 Å². The number of hydrogen-bond donors (Lipinski definition) is 1. The van der Waals surface area contributed by atoms with Crippen LogP contribution in [0.15, 0.2) is 0 Å². The van der Waals surface area contributed by atoms with Gasteiger partial charge in [0.1, 0.15) is 0 Å². The van der Waals surface area contributed by atoms with Crippen LogP contribution in [0.25, 0.3) is 0 Å². The lowest BCUT2D eigenvalue weighted by Gasteiger charge is -2.23. The third kappa shape index (κ3) is 2.10. The number of amides is 1. The molecule has 0 aromatic carbocycles. The van der Waals surface area contributed by atoms with Gasteiger partial charge in [-0.1, -0.05) is 12.8 Å². The standard InChI is InChI=1S/C8H15NO2/c1-7-5-3-2-4-6-9(7)8(10)11/h7H,2-6H2,1H3,(H,10,11). The van der Waals surface area contributed by atoms with Gasteiger partial charge in [-0.05, 0) is 19.8 Å². The van der Waals surface area contributed by atoms with Gasteiger partial charge in [-0.2, -0.15) is 0 Å². The summed E-state index contributed by atoms with van der Waals surface area (Å²) in [6.45, 7) is 2.70. The lowest BCUT2D eigenvalue weighted by atomic mass is 10.1. The number of carbonyl (C=O) groups is 1. The van der Waals surface area contributed by atoms with Crippen molar-refractivity contribution in [3.8, 4) is 0 Å². The quantitative estimate of drug-likeness (QED) is 0.583. The molecule has 3 nitrogen and oxygen atoms in total. The minimum Gasteiger partial charge on any atom is -0.465 e. The molecule has 3 heteroatoms. The van der Waals surface area contributed by atoms with Crippen molar-refractivity contribution in [3.63, 3.8) is 0 Å². The van der Waals surface area contributed by atoms with Crippen molar-refractivity contribution in [2.24, 2.45) is 0 Å². The summed E-state index contributed by atoms with van der Waals surface area (Å²) in [4.78, 5) is 12.2. The number of carboxylic acid groups (broad SMARTS) is 1. The van der Waals surface area contributed by atoms with Crippen LogP contribution in [0.3, 0.4) is 0 Å². The van der Waals surface area contributed by atoms with Crippen LogP contribution in [0, 0.1) is 0 Å². The van der Waals surface area contributed by atoms with Crippen LogP contribution in [-0.2, 0) is 0 Å². The Hall–Kier alpha value is -0.730. The maximum atomic E-state index is 10.6. The Morgan fingerprint density at radius 2 is 2.18 bits per heavy atom. The van der Waals surface area contributed by atoms with Gasteiger partial charge in [-0.15, -0.1) is 0 Å². The molecular formula is C8H15NO2. The smallest absolute Gasteiger partial charge is 0.407 e. The first-order valence-electron chi connectivity index (χ1n) is 4.21. The fourth-order valence-electron chi connectivity index (χ4n) is 1.56. The summed E-state index contributed by atoms with van der Waals surface area (Å²) in [5, 5.41) is 8.76. The molecule has 1 saturated heterocycles. The molecule has 1 rings (SSSR count). The lowest BCUT2D eigenvalue weighted by molar-refractivity contribution is 0.129. The van der Waals surface area contributed by atoms with Crippen LogP contribution < -0.4 is 0 Å². The zero-order chi connectivity index (χ0) is 8.27. The molecule has 1 amide bonds. The maximum absolute atomic E-state index is 10.6. The molecule has 1 heterocycles. The third-order valence-electron chi connectivity index (χ3n) is 2.30. The minimum atomic E-state index is -0.764. The van der Waals surface area contributed by atoms with Crippen molar-refractivity contribution >= 4 is 6.09 Å². The Bertz CT molecular complexity index is 147. The topological polar surface area (TPSA) is 40.5 Å². The zero-order valence-electron chi connectivity index (χ0n) is 6.92. The molecule has 11 heavy (non-hydrogen) atoms. The molecule has 0 bridgehead atoms. The van der Waals surface area contributed by atoms with Crippen molar-refractivity contribution < 1.29 is 9.90 Å². The number of hydrogen-bond acceptors (Lipinski definition) is 1. The summed E-state index contributed by atoms with van der Waals surface area (Å²) in [5.74, 6) is 0. The second-order valence-corrected chi connectivity index (χ2v) is 3.17. The van der Waals surface area contributed by atoms with E-state index >= 15 is 0 Å². The Kier molecular flexibility index (Phi) is 2.74. The zero-order valence-corrected chi connectivity index (χ0v) is 6.92. The SMILES string of the molecule is CC1CCCCCN1C(=O)O. The van der Waals surface area contributed by atoms with E-state index in [1.54, 1.807) is 4.90 Å². The molecule has 0 spiro atoms. The predicted octanol–water partition coefficient (Wildman–Crippen LogP) is 1.93.